The van der Waals surface area contributed by atoms with E-state index in [2.05, 4.69) is 0 Å². The van der Waals surface area contributed by atoms with E-state index in [1.54, 1.807) is 0 Å². The van der Waals surface area contributed by atoms with Crippen LogP contribution in [0.3, 0.4) is 0 Å². The number of halogens is 2. The summed E-state index contributed by atoms with van der Waals surface area (Å²) in [5.41, 5.74) is 0. The van der Waals surface area contributed by atoms with E-state index in [0.29, 0.717) is 0 Å². The van der Waals surface area contributed by atoms with E-state index in [0.717, 1.165) is 0 Å². The molecule has 42 valence electrons. The van der Waals surface area contributed by atoms with Gasteiger partial charge in [-0.3, -0.25) is 0 Å². The normalized spacial score (nSPS) is 9.57. The number of rotatable bonds is 3. The maximum absolute atomic E-state index is 11.2. The van der Waals surface area contributed by atoms with Crippen molar-refractivity contribution < 1.29 is 13.0 Å². The Balaban J connectivity index is 3.16. The van der Waals surface area contributed by atoms with Crippen molar-refractivity contribution >= 4 is 11.7 Å². The maximum Gasteiger partial charge on any atom is 0.467 e. The highest BCUT2D eigenvalue weighted by atomic mass is 32.1. The Labute approximate surface area is 44.2 Å². The minimum absolute atomic E-state index is 0.0301. The lowest BCUT2D eigenvalue weighted by atomic mass is 10.5. The highest BCUT2D eigenvalue weighted by Gasteiger charge is 2.19. The highest BCUT2D eigenvalue weighted by Crippen LogP contribution is 1.87. The third-order valence-electron chi connectivity index (χ3n) is 0.480. The van der Waals surface area contributed by atoms with Gasteiger partial charge in [-0.2, -0.15) is 0 Å². The number of hydrogen-bond acceptors (Lipinski definition) is 1. The van der Waals surface area contributed by atoms with Gasteiger partial charge in [-0.25, -0.2) is 8.78 Å². The molecule has 0 aliphatic carbocycles. The smallest absolute Gasteiger partial charge is 0.245 e. The van der Waals surface area contributed by atoms with Gasteiger partial charge in [0.1, 0.15) is 0 Å². The fourth-order valence-corrected chi connectivity index (χ4v) is 0.196. The van der Waals surface area contributed by atoms with Gasteiger partial charge in [-0.15, -0.1) is 0 Å². The van der Waals surface area contributed by atoms with Crippen LogP contribution in [0.2, 0.25) is 0 Å². The quantitative estimate of drug-likeness (QED) is 0.510. The third-order valence-corrected chi connectivity index (χ3v) is 1.00. The summed E-state index contributed by atoms with van der Waals surface area (Å²) in [5.74, 6) is 0. The van der Waals surface area contributed by atoms with Crippen LogP contribution >= 0.6 is 0 Å². The van der Waals surface area contributed by atoms with Crippen molar-refractivity contribution in [3.63, 3.8) is 0 Å². The first-order valence-corrected chi connectivity index (χ1v) is 2.56. The van der Waals surface area contributed by atoms with Gasteiger partial charge in [0.2, 0.25) is 0 Å². The summed E-state index contributed by atoms with van der Waals surface area (Å²) < 4.78 is 31.9. The van der Waals surface area contributed by atoms with Crippen LogP contribution < -0.4 is 0 Å². The predicted octanol–water partition coefficient (Wildman–Crippen LogP) is 0.722. The molecule has 0 heterocycles. The molecule has 0 fully saturated rings. The molecule has 0 N–H and O–H groups in total. The standard InChI is InChI=1S/C3H5F2OS/c4-1-3(2-5)7-6/h3H,1-2H2/q+1. The summed E-state index contributed by atoms with van der Waals surface area (Å²) in [6.45, 7) is -1.74. The molecule has 0 saturated carbocycles. The zero-order valence-corrected chi connectivity index (χ0v) is 4.38. The molecule has 0 aliphatic rings. The molecule has 0 amide bonds. The van der Waals surface area contributed by atoms with Crippen LogP contribution in [0.5, 0.6) is 0 Å². The largest absolute Gasteiger partial charge is 0.467 e. The third kappa shape index (κ3) is 2.56. The Morgan fingerprint density at radius 1 is 1.43 bits per heavy atom. The molecule has 0 unspecified atom stereocenters. The van der Waals surface area contributed by atoms with Crippen molar-refractivity contribution in [3.8, 4) is 0 Å². The van der Waals surface area contributed by atoms with Crippen molar-refractivity contribution in [2.45, 2.75) is 5.25 Å². The lowest BCUT2D eigenvalue weighted by molar-refractivity contribution is 0.403. The van der Waals surface area contributed by atoms with Crippen LogP contribution in [0.25, 0.3) is 0 Å². The molecule has 1 nitrogen and oxygen atoms in total. The fraction of sp³-hybridized carbons (Fsp3) is 1.00. The Kier molecular flexibility index (Phi) is 3.98. The molecular weight excluding hydrogens is 122 g/mol. The molecule has 0 spiro atoms. The van der Waals surface area contributed by atoms with E-state index in [1.165, 1.54) is 0 Å². The van der Waals surface area contributed by atoms with E-state index in [1.807, 2.05) is 0 Å². The number of alkyl halides is 2. The Morgan fingerprint density at radius 3 is 1.86 bits per heavy atom. The van der Waals surface area contributed by atoms with Gasteiger partial charge in [-0.05, 0) is 0 Å². The van der Waals surface area contributed by atoms with Gasteiger partial charge < -0.3 is 0 Å². The molecule has 4 heteroatoms. The summed E-state index contributed by atoms with van der Waals surface area (Å²) >= 11 is -0.0301. The summed E-state index contributed by atoms with van der Waals surface area (Å²) in [6, 6.07) is 0. The Hall–Kier alpha value is -0.120. The van der Waals surface area contributed by atoms with Gasteiger partial charge in [0.25, 0.3) is 5.25 Å². The predicted molar refractivity (Wildman–Crippen MR) is 23.8 cm³/mol. The van der Waals surface area contributed by atoms with Gasteiger partial charge in [0, 0.05) is 4.21 Å². The molecule has 0 bridgehead atoms. The Bertz CT molecular complexity index is 54.9. The van der Waals surface area contributed by atoms with E-state index in [9.17, 15) is 13.0 Å². The van der Waals surface area contributed by atoms with E-state index in [4.69, 9.17) is 0 Å². The van der Waals surface area contributed by atoms with Gasteiger partial charge in [0.05, 0.1) is 0 Å². The second kappa shape index (κ2) is 4.05. The van der Waals surface area contributed by atoms with Crippen LogP contribution in [-0.4, -0.2) is 18.6 Å². The number of hydrogen-bond donors (Lipinski definition) is 0. The van der Waals surface area contributed by atoms with Gasteiger partial charge in [-0.1, -0.05) is 0 Å². The summed E-state index contributed by atoms with van der Waals surface area (Å²) in [4.78, 5) is 0. The molecule has 0 radical (unpaired) electrons. The fourth-order valence-electron chi connectivity index (χ4n) is 0.0927. The minimum Gasteiger partial charge on any atom is -0.245 e. The molecule has 0 aliphatic heterocycles. The van der Waals surface area contributed by atoms with Crippen molar-refractivity contribution in [1.82, 2.24) is 0 Å². The zero-order valence-electron chi connectivity index (χ0n) is 3.56. The molecule has 0 aromatic heterocycles. The van der Waals surface area contributed by atoms with Crippen LogP contribution in [-0.2, 0) is 15.9 Å². The van der Waals surface area contributed by atoms with Crippen molar-refractivity contribution in [2.24, 2.45) is 0 Å². The van der Waals surface area contributed by atoms with E-state index in [-0.39, 0.29) is 11.7 Å². The second-order valence-electron chi connectivity index (χ2n) is 1.03. The lowest BCUT2D eigenvalue weighted by Gasteiger charge is -1.78. The molecular formula is C3H5F2OS+. The first kappa shape index (κ1) is 6.88. The van der Waals surface area contributed by atoms with Gasteiger partial charge >= 0.3 is 11.7 Å². The summed E-state index contributed by atoms with van der Waals surface area (Å²) in [6.07, 6.45) is 0. The first-order chi connectivity index (χ1) is 3.35. The maximum atomic E-state index is 11.2. The average molecular weight is 127 g/mol. The average Bonchev–Trinajstić information content (AvgIpc) is 1.72. The second-order valence-corrected chi connectivity index (χ2v) is 1.89. The Morgan fingerprint density at radius 2 is 1.86 bits per heavy atom. The zero-order chi connectivity index (χ0) is 5.70. The van der Waals surface area contributed by atoms with Crippen molar-refractivity contribution in [2.75, 3.05) is 13.3 Å². The lowest BCUT2D eigenvalue weighted by Crippen LogP contribution is -2.09. The van der Waals surface area contributed by atoms with Crippen molar-refractivity contribution in [3.05, 3.63) is 0 Å². The van der Waals surface area contributed by atoms with Gasteiger partial charge in [0.15, 0.2) is 13.3 Å². The van der Waals surface area contributed by atoms with Crippen LogP contribution in [0.15, 0.2) is 0 Å². The monoisotopic (exact) mass is 127 g/mol. The molecule has 0 rings (SSSR count). The summed E-state index contributed by atoms with van der Waals surface area (Å²) in [5, 5.41) is -0.986. The summed E-state index contributed by atoms with van der Waals surface area (Å²) in [7, 11) is 0. The highest BCUT2D eigenvalue weighted by molar-refractivity contribution is 7.66. The molecule has 0 aromatic carbocycles. The van der Waals surface area contributed by atoms with Crippen LogP contribution in [0.4, 0.5) is 8.78 Å². The van der Waals surface area contributed by atoms with E-state index < -0.39 is 18.6 Å². The molecule has 7 heavy (non-hydrogen) atoms. The minimum atomic E-state index is -0.986. The molecule has 0 atom stereocenters. The van der Waals surface area contributed by atoms with E-state index >= 15 is 0 Å². The van der Waals surface area contributed by atoms with Crippen molar-refractivity contribution in [1.29, 1.82) is 0 Å². The SMILES string of the molecule is O=[S+]C(CF)CF. The molecule has 0 saturated heterocycles. The van der Waals surface area contributed by atoms with Crippen LogP contribution in [0, 0.1) is 0 Å². The molecule has 0 aromatic rings. The van der Waals surface area contributed by atoms with Crippen LogP contribution in [0.1, 0.15) is 0 Å². The first-order valence-electron chi connectivity index (χ1n) is 1.75. The topological polar surface area (TPSA) is 17.1 Å².